The molecule has 12 heteroatoms. The summed E-state index contributed by atoms with van der Waals surface area (Å²) >= 11 is 3.34. The van der Waals surface area contributed by atoms with Gasteiger partial charge in [0.05, 0.1) is 23.2 Å². The van der Waals surface area contributed by atoms with Gasteiger partial charge >= 0.3 is 0 Å². The Morgan fingerprint density at radius 2 is 1.94 bits per heavy atom. The maximum Gasteiger partial charge on any atom is 0.275 e. The van der Waals surface area contributed by atoms with Crippen molar-refractivity contribution >= 4 is 38.6 Å². The monoisotopic (exact) mass is 509 g/mol. The number of carbonyl (C=O) groups excluding carboxylic acids is 1. The third kappa shape index (κ3) is 3.61. The average molecular weight is 510 g/mol. The van der Waals surface area contributed by atoms with Crippen LogP contribution in [0, 0.1) is 11.2 Å². The molecule has 1 amide bonds. The van der Waals surface area contributed by atoms with Crippen LogP contribution in [0.2, 0.25) is 0 Å². The Labute approximate surface area is 186 Å². The number of benzene rings is 1. The van der Waals surface area contributed by atoms with E-state index in [0.717, 1.165) is 17.1 Å². The van der Waals surface area contributed by atoms with Crippen molar-refractivity contribution in [2.45, 2.75) is 37.8 Å². The lowest BCUT2D eigenvalue weighted by molar-refractivity contribution is -0.117. The first-order valence-corrected chi connectivity index (χ1v) is 10.5. The molecule has 2 aromatic heterocycles. The van der Waals surface area contributed by atoms with Gasteiger partial charge in [-0.25, -0.2) is 27.8 Å². The molecule has 2 aliphatic rings. The van der Waals surface area contributed by atoms with Crippen molar-refractivity contribution in [2.75, 3.05) is 5.32 Å². The minimum absolute atomic E-state index is 0.0792. The lowest BCUT2D eigenvalue weighted by Crippen LogP contribution is -2.39. The molecule has 2 fully saturated rings. The van der Waals surface area contributed by atoms with E-state index in [9.17, 15) is 22.8 Å². The Bertz CT molecular complexity index is 1290. The predicted molar refractivity (Wildman–Crippen MR) is 110 cm³/mol. The second kappa shape index (κ2) is 7.26. The van der Waals surface area contributed by atoms with Crippen LogP contribution in [0.5, 0.6) is 5.88 Å². The highest BCUT2D eigenvalue weighted by atomic mass is 79.9. The average Bonchev–Trinajstić information content (AvgIpc) is 3.29. The predicted octanol–water partition coefficient (Wildman–Crippen LogP) is 3.29. The molecular weight excluding hydrogens is 495 g/mol. The third-order valence-electron chi connectivity index (χ3n) is 5.78. The Balaban J connectivity index is 1.41. The van der Waals surface area contributed by atoms with Crippen LogP contribution in [0.1, 0.15) is 19.3 Å². The van der Waals surface area contributed by atoms with E-state index in [4.69, 9.17) is 4.74 Å². The van der Waals surface area contributed by atoms with Crippen molar-refractivity contribution in [3.63, 3.8) is 0 Å². The van der Waals surface area contributed by atoms with Gasteiger partial charge < -0.3 is 4.74 Å². The van der Waals surface area contributed by atoms with Crippen LogP contribution in [0.25, 0.3) is 10.8 Å². The lowest BCUT2D eigenvalue weighted by atomic mass is 9.78. The van der Waals surface area contributed by atoms with Crippen molar-refractivity contribution in [3.8, 4) is 5.88 Å². The van der Waals surface area contributed by atoms with Crippen molar-refractivity contribution in [2.24, 2.45) is 5.41 Å². The van der Waals surface area contributed by atoms with E-state index in [0.29, 0.717) is 9.86 Å². The number of hydrogen-bond acceptors (Lipinski definition) is 6. The zero-order chi connectivity index (χ0) is 22.7. The van der Waals surface area contributed by atoms with Gasteiger partial charge in [0.15, 0.2) is 5.82 Å². The van der Waals surface area contributed by atoms with Crippen LogP contribution in [0.4, 0.5) is 19.1 Å². The molecule has 8 nitrogen and oxygen atoms in total. The van der Waals surface area contributed by atoms with Crippen LogP contribution >= 0.6 is 15.9 Å². The van der Waals surface area contributed by atoms with Crippen LogP contribution in [-0.4, -0.2) is 37.7 Å². The molecule has 1 aromatic carbocycles. The largest absolute Gasteiger partial charge is 0.473 e. The van der Waals surface area contributed by atoms with E-state index in [1.807, 2.05) is 0 Å². The topological polar surface area (TPSA) is 99.0 Å². The van der Waals surface area contributed by atoms with Gasteiger partial charge in [0.2, 0.25) is 17.7 Å². The quantitative estimate of drug-likeness (QED) is 0.566. The standard InChI is InChI=1S/C20H15BrF3N5O3/c21-10-1-2-13-14(3-10)16(32-12-4-19(5-12)9-20(19,23)24)28-29(17(13)31)8-15(30)27-18-25-6-11(22)7-26-18/h1-3,6-7,12H,4-5,8-9H2,(H,25,26,27,30). The van der Waals surface area contributed by atoms with E-state index in [1.165, 1.54) is 0 Å². The van der Waals surface area contributed by atoms with Gasteiger partial charge in [0, 0.05) is 16.3 Å². The number of nitrogens with zero attached hydrogens (tertiary/aromatic N) is 4. The molecule has 0 atom stereocenters. The molecule has 0 saturated heterocycles. The molecule has 0 bridgehead atoms. The number of halogens is 4. The summed E-state index contributed by atoms with van der Waals surface area (Å²) in [5, 5.41) is 7.20. The number of aromatic nitrogens is 4. The second-order valence-electron chi connectivity index (χ2n) is 8.04. The fourth-order valence-electron chi connectivity index (χ4n) is 3.98. The molecular formula is C20H15BrF3N5O3. The summed E-state index contributed by atoms with van der Waals surface area (Å²) in [7, 11) is 0. The minimum atomic E-state index is -2.65. The first-order valence-electron chi connectivity index (χ1n) is 9.68. The smallest absolute Gasteiger partial charge is 0.275 e. The van der Waals surface area contributed by atoms with E-state index in [2.05, 4.69) is 36.3 Å². The number of fused-ring (bicyclic) bond motifs is 1. The lowest BCUT2D eigenvalue weighted by Gasteiger charge is -2.35. The molecule has 1 N–H and O–H groups in total. The summed E-state index contributed by atoms with van der Waals surface area (Å²) in [4.78, 5) is 32.5. The van der Waals surface area contributed by atoms with E-state index >= 15 is 0 Å². The molecule has 2 saturated carbocycles. The highest BCUT2D eigenvalue weighted by Crippen LogP contribution is 2.71. The Hall–Kier alpha value is -3.02. The first-order chi connectivity index (χ1) is 15.2. The minimum Gasteiger partial charge on any atom is -0.473 e. The van der Waals surface area contributed by atoms with E-state index in [1.54, 1.807) is 18.2 Å². The molecule has 0 aliphatic heterocycles. The molecule has 166 valence electrons. The molecule has 5 rings (SSSR count). The third-order valence-corrected chi connectivity index (χ3v) is 6.27. The van der Waals surface area contributed by atoms with Crippen molar-refractivity contribution in [1.29, 1.82) is 0 Å². The molecule has 32 heavy (non-hydrogen) atoms. The number of ether oxygens (including phenoxy) is 1. The molecule has 0 radical (unpaired) electrons. The summed E-state index contributed by atoms with van der Waals surface area (Å²) < 4.78 is 47.4. The number of rotatable bonds is 5. The maximum atomic E-state index is 13.5. The fourth-order valence-corrected chi connectivity index (χ4v) is 4.34. The fraction of sp³-hybridized carbons (Fsp3) is 0.350. The van der Waals surface area contributed by atoms with Crippen LogP contribution < -0.4 is 15.6 Å². The number of carbonyl (C=O) groups is 1. The van der Waals surface area contributed by atoms with Gasteiger partial charge in [-0.3, -0.25) is 14.9 Å². The van der Waals surface area contributed by atoms with Crippen LogP contribution in [-0.2, 0) is 11.3 Å². The Morgan fingerprint density at radius 1 is 1.25 bits per heavy atom. The maximum absolute atomic E-state index is 13.5. The second-order valence-corrected chi connectivity index (χ2v) is 8.96. The molecule has 2 aliphatic carbocycles. The molecule has 2 heterocycles. The molecule has 1 spiro atoms. The number of amides is 1. The van der Waals surface area contributed by atoms with Gasteiger partial charge in [0.1, 0.15) is 12.6 Å². The Kier molecular flexibility index (Phi) is 4.73. The van der Waals surface area contributed by atoms with Crippen molar-refractivity contribution in [1.82, 2.24) is 19.7 Å². The highest BCUT2D eigenvalue weighted by molar-refractivity contribution is 9.10. The SMILES string of the molecule is O=C(Cn1nc(OC2CC3(C2)CC3(F)F)c2cc(Br)ccc2c1=O)Nc1ncc(F)cn1. The zero-order valence-electron chi connectivity index (χ0n) is 16.3. The van der Waals surface area contributed by atoms with E-state index in [-0.39, 0.29) is 36.5 Å². The Morgan fingerprint density at radius 3 is 2.59 bits per heavy atom. The summed E-state index contributed by atoms with van der Waals surface area (Å²) in [6.07, 6.45) is 1.61. The van der Waals surface area contributed by atoms with Gasteiger partial charge in [-0.05, 0) is 31.0 Å². The van der Waals surface area contributed by atoms with Gasteiger partial charge in [-0.15, -0.1) is 5.10 Å². The molecule has 0 unspecified atom stereocenters. The van der Waals surface area contributed by atoms with Gasteiger partial charge in [0.25, 0.3) is 11.5 Å². The van der Waals surface area contributed by atoms with Crippen molar-refractivity contribution in [3.05, 3.63) is 51.2 Å². The van der Waals surface area contributed by atoms with Gasteiger partial charge in [-0.2, -0.15) is 0 Å². The summed E-state index contributed by atoms with van der Waals surface area (Å²) in [6, 6.07) is 4.87. The number of nitrogens with one attached hydrogen (secondary N) is 1. The number of hydrogen-bond donors (Lipinski definition) is 1. The normalized spacial score (nSPS) is 23.1. The van der Waals surface area contributed by atoms with Crippen LogP contribution in [0.3, 0.4) is 0 Å². The number of anilines is 1. The zero-order valence-corrected chi connectivity index (χ0v) is 17.9. The van der Waals surface area contributed by atoms with E-state index < -0.39 is 41.3 Å². The first kappa shape index (κ1) is 20.9. The molecule has 3 aromatic rings. The van der Waals surface area contributed by atoms with Crippen LogP contribution in [0.15, 0.2) is 39.9 Å². The van der Waals surface area contributed by atoms with Crippen molar-refractivity contribution < 1.29 is 22.7 Å². The number of alkyl halides is 2. The highest BCUT2D eigenvalue weighted by Gasteiger charge is 2.76. The summed E-state index contributed by atoms with van der Waals surface area (Å²) in [6.45, 7) is -0.478. The summed E-state index contributed by atoms with van der Waals surface area (Å²) in [5.41, 5.74) is -1.51. The summed E-state index contributed by atoms with van der Waals surface area (Å²) in [5.74, 6) is -4.02. The van der Waals surface area contributed by atoms with Gasteiger partial charge in [-0.1, -0.05) is 15.9 Å².